The lowest BCUT2D eigenvalue weighted by Gasteiger charge is -2.22. The van der Waals surface area contributed by atoms with Crippen molar-refractivity contribution in [1.82, 2.24) is 15.3 Å². The predicted molar refractivity (Wildman–Crippen MR) is 67.0 cm³/mol. The summed E-state index contributed by atoms with van der Waals surface area (Å²) < 4.78 is 5.37. The van der Waals surface area contributed by atoms with Crippen molar-refractivity contribution in [2.45, 2.75) is 38.6 Å². The second-order valence-corrected chi connectivity index (χ2v) is 4.67. The first-order valence-corrected chi connectivity index (χ1v) is 6.30. The number of hydrogen-bond acceptors (Lipinski definition) is 4. The second kappa shape index (κ2) is 5.56. The van der Waals surface area contributed by atoms with Crippen LogP contribution in [-0.4, -0.2) is 30.2 Å². The topological polar surface area (TPSA) is 47.0 Å². The summed E-state index contributed by atoms with van der Waals surface area (Å²) in [6, 6.07) is 0.304. The molecule has 0 bridgehead atoms. The number of nitrogens with one attached hydrogen (secondary N) is 1. The van der Waals surface area contributed by atoms with E-state index in [1.165, 1.54) is 5.56 Å². The Balaban J connectivity index is 2.17. The Bertz CT molecular complexity index is 375. The van der Waals surface area contributed by atoms with Crippen LogP contribution in [0, 0.1) is 6.92 Å². The number of nitrogens with zero attached hydrogens (tertiary/aromatic N) is 2. The lowest BCUT2D eigenvalue weighted by Crippen LogP contribution is -2.19. The van der Waals surface area contributed by atoms with Crippen molar-refractivity contribution in [3.8, 4) is 0 Å². The Labute approximate surface area is 103 Å². The van der Waals surface area contributed by atoms with E-state index in [1.807, 2.05) is 13.2 Å². The van der Waals surface area contributed by atoms with Gasteiger partial charge in [-0.2, -0.15) is 0 Å². The highest BCUT2D eigenvalue weighted by atomic mass is 16.5. The van der Waals surface area contributed by atoms with Gasteiger partial charge in [0.1, 0.15) is 5.82 Å². The first kappa shape index (κ1) is 12.5. The standard InChI is InChI=1S/C13H21N3O/c1-9(14-3)12-8-15-13(16-10(12)2)11-4-6-17-7-5-11/h8-9,11,14H,4-7H2,1-3H3. The van der Waals surface area contributed by atoms with Gasteiger partial charge in [0.2, 0.25) is 0 Å². The maximum atomic E-state index is 5.37. The third-order valence-electron chi connectivity index (χ3n) is 3.52. The molecule has 1 saturated heterocycles. The molecule has 0 radical (unpaired) electrons. The number of hydrogen-bond donors (Lipinski definition) is 1. The minimum atomic E-state index is 0.304. The number of aryl methyl sites for hydroxylation is 1. The Morgan fingerprint density at radius 2 is 2.12 bits per heavy atom. The van der Waals surface area contributed by atoms with Gasteiger partial charge in [0.25, 0.3) is 0 Å². The van der Waals surface area contributed by atoms with Crippen LogP contribution >= 0.6 is 0 Å². The molecule has 1 aromatic heterocycles. The highest BCUT2D eigenvalue weighted by Gasteiger charge is 2.19. The van der Waals surface area contributed by atoms with Crippen molar-refractivity contribution in [3.63, 3.8) is 0 Å². The zero-order chi connectivity index (χ0) is 12.3. The lowest BCUT2D eigenvalue weighted by atomic mass is 9.99. The largest absolute Gasteiger partial charge is 0.381 e. The van der Waals surface area contributed by atoms with Crippen LogP contribution < -0.4 is 5.32 Å². The molecule has 1 N–H and O–H groups in total. The van der Waals surface area contributed by atoms with Gasteiger partial charge in [-0.05, 0) is 33.7 Å². The van der Waals surface area contributed by atoms with E-state index < -0.39 is 0 Å². The molecule has 0 aromatic carbocycles. The van der Waals surface area contributed by atoms with E-state index in [4.69, 9.17) is 4.74 Å². The van der Waals surface area contributed by atoms with Gasteiger partial charge in [0, 0.05) is 42.6 Å². The molecule has 0 spiro atoms. The summed E-state index contributed by atoms with van der Waals surface area (Å²) in [6.07, 6.45) is 4.05. The van der Waals surface area contributed by atoms with Crippen molar-refractivity contribution < 1.29 is 4.74 Å². The smallest absolute Gasteiger partial charge is 0.131 e. The van der Waals surface area contributed by atoms with Gasteiger partial charge in [-0.15, -0.1) is 0 Å². The van der Waals surface area contributed by atoms with Crippen LogP contribution in [0.3, 0.4) is 0 Å². The van der Waals surface area contributed by atoms with Gasteiger partial charge in [-0.25, -0.2) is 9.97 Å². The zero-order valence-corrected chi connectivity index (χ0v) is 10.9. The van der Waals surface area contributed by atoms with E-state index in [0.717, 1.165) is 37.6 Å². The average molecular weight is 235 g/mol. The normalized spacial score (nSPS) is 19.2. The average Bonchev–Trinajstić information content (AvgIpc) is 2.39. The van der Waals surface area contributed by atoms with E-state index in [9.17, 15) is 0 Å². The molecule has 0 saturated carbocycles. The number of aromatic nitrogens is 2. The number of rotatable bonds is 3. The summed E-state index contributed by atoms with van der Waals surface area (Å²) in [7, 11) is 1.95. The fourth-order valence-electron chi connectivity index (χ4n) is 2.23. The zero-order valence-electron chi connectivity index (χ0n) is 10.9. The van der Waals surface area contributed by atoms with Gasteiger partial charge in [0.05, 0.1) is 0 Å². The predicted octanol–water partition coefficient (Wildman–Crippen LogP) is 1.96. The van der Waals surface area contributed by atoms with E-state index >= 15 is 0 Å². The molecular formula is C13H21N3O. The molecule has 1 aromatic rings. The molecule has 2 heterocycles. The molecule has 0 amide bonds. The summed E-state index contributed by atoms with van der Waals surface area (Å²) in [5.41, 5.74) is 2.27. The molecule has 4 nitrogen and oxygen atoms in total. The molecule has 1 unspecified atom stereocenters. The lowest BCUT2D eigenvalue weighted by molar-refractivity contribution is 0.0835. The van der Waals surface area contributed by atoms with Gasteiger partial charge in [0.15, 0.2) is 0 Å². The highest BCUT2D eigenvalue weighted by Crippen LogP contribution is 2.25. The van der Waals surface area contributed by atoms with Crippen LogP contribution in [0.15, 0.2) is 6.20 Å². The fourth-order valence-corrected chi connectivity index (χ4v) is 2.23. The maximum Gasteiger partial charge on any atom is 0.131 e. The highest BCUT2D eigenvalue weighted by molar-refractivity contribution is 5.20. The summed E-state index contributed by atoms with van der Waals surface area (Å²) >= 11 is 0. The first-order chi connectivity index (χ1) is 8.22. The van der Waals surface area contributed by atoms with E-state index in [1.54, 1.807) is 0 Å². The molecule has 1 fully saturated rings. The molecule has 1 aliphatic rings. The Kier molecular flexibility index (Phi) is 4.07. The summed E-state index contributed by atoms with van der Waals surface area (Å²) in [6.45, 7) is 5.86. The Morgan fingerprint density at radius 1 is 1.41 bits per heavy atom. The van der Waals surface area contributed by atoms with Crippen LogP contribution in [0.4, 0.5) is 0 Å². The summed E-state index contributed by atoms with van der Waals surface area (Å²) in [5.74, 6) is 1.46. The monoisotopic (exact) mass is 235 g/mol. The van der Waals surface area contributed by atoms with Crippen molar-refractivity contribution in [2.75, 3.05) is 20.3 Å². The summed E-state index contributed by atoms with van der Waals surface area (Å²) in [5, 5.41) is 3.22. The second-order valence-electron chi connectivity index (χ2n) is 4.67. The minimum Gasteiger partial charge on any atom is -0.381 e. The van der Waals surface area contributed by atoms with Crippen molar-refractivity contribution in [1.29, 1.82) is 0 Å². The van der Waals surface area contributed by atoms with E-state index in [0.29, 0.717) is 12.0 Å². The molecule has 4 heteroatoms. The van der Waals surface area contributed by atoms with Gasteiger partial charge in [-0.1, -0.05) is 0 Å². The van der Waals surface area contributed by atoms with Crippen molar-refractivity contribution >= 4 is 0 Å². The first-order valence-electron chi connectivity index (χ1n) is 6.30. The van der Waals surface area contributed by atoms with Gasteiger partial charge >= 0.3 is 0 Å². The summed E-state index contributed by atoms with van der Waals surface area (Å²) in [4.78, 5) is 9.18. The van der Waals surface area contributed by atoms with Crippen LogP contribution in [0.1, 0.15) is 48.8 Å². The quantitative estimate of drug-likeness (QED) is 0.870. The number of ether oxygens (including phenoxy) is 1. The molecule has 17 heavy (non-hydrogen) atoms. The minimum absolute atomic E-state index is 0.304. The van der Waals surface area contributed by atoms with Gasteiger partial charge < -0.3 is 10.1 Å². The van der Waals surface area contributed by atoms with Crippen molar-refractivity contribution in [2.24, 2.45) is 0 Å². The molecule has 1 atom stereocenters. The Morgan fingerprint density at radius 3 is 2.71 bits per heavy atom. The van der Waals surface area contributed by atoms with E-state index in [-0.39, 0.29) is 0 Å². The maximum absolute atomic E-state index is 5.37. The van der Waals surface area contributed by atoms with Gasteiger partial charge in [-0.3, -0.25) is 0 Å². The molecule has 1 aliphatic heterocycles. The van der Waals surface area contributed by atoms with Crippen LogP contribution in [0.5, 0.6) is 0 Å². The van der Waals surface area contributed by atoms with Crippen LogP contribution in [0.25, 0.3) is 0 Å². The molecular weight excluding hydrogens is 214 g/mol. The third-order valence-corrected chi connectivity index (χ3v) is 3.52. The Hall–Kier alpha value is -1.00. The van der Waals surface area contributed by atoms with Crippen LogP contribution in [-0.2, 0) is 4.74 Å². The molecule has 0 aliphatic carbocycles. The van der Waals surface area contributed by atoms with Crippen molar-refractivity contribution in [3.05, 3.63) is 23.3 Å². The fraction of sp³-hybridized carbons (Fsp3) is 0.692. The molecule has 2 rings (SSSR count). The third kappa shape index (κ3) is 2.82. The van der Waals surface area contributed by atoms with Crippen LogP contribution in [0.2, 0.25) is 0 Å². The molecule has 94 valence electrons. The SMILES string of the molecule is CNC(C)c1cnc(C2CCOCC2)nc1C. The van der Waals surface area contributed by atoms with E-state index in [2.05, 4.69) is 29.1 Å².